The third kappa shape index (κ3) is 3.40. The molecule has 0 spiro atoms. The summed E-state index contributed by atoms with van der Waals surface area (Å²) in [4.78, 5) is 11.9. The number of sulfone groups is 1. The molecule has 0 bridgehead atoms. The van der Waals surface area contributed by atoms with E-state index in [1.807, 2.05) is 11.5 Å². The minimum absolute atomic E-state index is 0.112. The summed E-state index contributed by atoms with van der Waals surface area (Å²) in [6.45, 7) is 6.31. The summed E-state index contributed by atoms with van der Waals surface area (Å²) in [6, 6.07) is 0. The maximum Gasteiger partial charge on any atom is 0.197 e. The van der Waals surface area contributed by atoms with Gasteiger partial charge in [-0.05, 0) is 49.9 Å². The summed E-state index contributed by atoms with van der Waals surface area (Å²) in [5.41, 5.74) is 1.38. The van der Waals surface area contributed by atoms with Crippen molar-refractivity contribution >= 4 is 43.2 Å². The van der Waals surface area contributed by atoms with Crippen LogP contribution < -0.4 is 0 Å². The van der Waals surface area contributed by atoms with Gasteiger partial charge >= 0.3 is 0 Å². The van der Waals surface area contributed by atoms with E-state index in [4.69, 9.17) is 4.98 Å². The maximum absolute atomic E-state index is 11.9. The molecule has 1 atom stereocenters. The summed E-state index contributed by atoms with van der Waals surface area (Å²) < 4.78 is 25.9. The number of fused-ring (bicyclic) bond motifs is 3. The molecule has 1 unspecified atom stereocenters. The summed E-state index contributed by atoms with van der Waals surface area (Å²) in [5, 5.41) is 11.6. The molecule has 152 valence electrons. The molecule has 0 saturated carbocycles. The molecule has 1 fully saturated rings. The predicted molar refractivity (Wildman–Crippen MR) is 115 cm³/mol. The molecule has 5 rings (SSSR count). The Balaban J connectivity index is 1.57. The molecule has 1 aliphatic heterocycles. The van der Waals surface area contributed by atoms with Gasteiger partial charge in [0, 0.05) is 22.7 Å². The van der Waals surface area contributed by atoms with E-state index >= 15 is 0 Å². The zero-order valence-corrected chi connectivity index (χ0v) is 18.5. The minimum Gasteiger partial charge on any atom is -0.302 e. The van der Waals surface area contributed by atoms with Crippen molar-refractivity contribution in [1.82, 2.24) is 24.7 Å². The summed E-state index contributed by atoms with van der Waals surface area (Å²) >= 11 is 3.27. The van der Waals surface area contributed by atoms with Gasteiger partial charge in [0.25, 0.3) is 0 Å². The lowest BCUT2D eigenvalue weighted by Crippen LogP contribution is -2.11. The lowest BCUT2D eigenvalue weighted by Gasteiger charge is -2.11. The molecule has 0 amide bonds. The number of hydrogen-bond acceptors (Lipinski definition) is 8. The van der Waals surface area contributed by atoms with E-state index in [0.29, 0.717) is 13.0 Å². The van der Waals surface area contributed by atoms with Gasteiger partial charge in [0.15, 0.2) is 15.0 Å². The number of nitrogens with zero attached hydrogens (tertiary/aromatic N) is 5. The Morgan fingerprint density at radius 3 is 2.93 bits per heavy atom. The van der Waals surface area contributed by atoms with Gasteiger partial charge in [0.05, 0.1) is 11.5 Å². The van der Waals surface area contributed by atoms with Crippen LogP contribution in [0.3, 0.4) is 0 Å². The first-order valence-electron chi connectivity index (χ1n) is 9.66. The van der Waals surface area contributed by atoms with Crippen molar-refractivity contribution in [2.24, 2.45) is 0 Å². The lowest BCUT2D eigenvalue weighted by molar-refractivity contribution is 0.597. The van der Waals surface area contributed by atoms with Gasteiger partial charge in [-0.1, -0.05) is 6.08 Å². The highest BCUT2D eigenvalue weighted by Crippen LogP contribution is 2.42. The number of aryl methyl sites for hydroxylation is 3. The van der Waals surface area contributed by atoms with Crippen molar-refractivity contribution in [2.75, 3.05) is 11.5 Å². The quantitative estimate of drug-likeness (QED) is 0.438. The van der Waals surface area contributed by atoms with Crippen molar-refractivity contribution in [3.63, 3.8) is 0 Å². The SMILES string of the molecule is C=CCn1c(Sc2nc(C)nc3sc4c(c23)CCC4)nnc1C1CCS(=O)(=O)C1. The van der Waals surface area contributed by atoms with Crippen LogP contribution in [-0.4, -0.2) is 44.7 Å². The van der Waals surface area contributed by atoms with E-state index in [9.17, 15) is 8.42 Å². The molecule has 1 saturated heterocycles. The standard InChI is InChI=1S/C19H21N5O2S3/c1-3-8-24-16(12-7-9-29(25,26)10-12)22-23-19(24)28-18-15-13-5-4-6-14(13)27-17(15)20-11(2)21-18/h3,12H,1,4-10H2,2H3. The highest BCUT2D eigenvalue weighted by atomic mass is 32.2. The van der Waals surface area contributed by atoms with Crippen LogP contribution in [0.1, 0.15) is 40.8 Å². The Morgan fingerprint density at radius 1 is 1.31 bits per heavy atom. The maximum atomic E-state index is 11.9. The molecule has 3 aromatic rings. The topological polar surface area (TPSA) is 90.6 Å². The van der Waals surface area contributed by atoms with Gasteiger partial charge < -0.3 is 4.57 Å². The van der Waals surface area contributed by atoms with Gasteiger partial charge in [-0.2, -0.15) is 0 Å². The molecular formula is C19H21N5O2S3. The lowest BCUT2D eigenvalue weighted by atomic mass is 10.1. The second-order valence-corrected chi connectivity index (χ2v) is 11.8. The minimum atomic E-state index is -2.99. The Morgan fingerprint density at radius 2 is 2.17 bits per heavy atom. The first kappa shape index (κ1) is 19.2. The number of thiophene rings is 1. The second kappa shape index (κ2) is 7.17. The van der Waals surface area contributed by atoms with Gasteiger partial charge in [0.2, 0.25) is 0 Å². The second-order valence-electron chi connectivity index (χ2n) is 7.56. The average Bonchev–Trinajstić information content (AvgIpc) is 3.39. The van der Waals surface area contributed by atoms with Crippen molar-refractivity contribution in [3.05, 3.63) is 34.7 Å². The van der Waals surface area contributed by atoms with Crippen molar-refractivity contribution in [3.8, 4) is 0 Å². The van der Waals surface area contributed by atoms with Crippen LogP contribution in [0.5, 0.6) is 0 Å². The molecule has 2 aliphatic rings. The fraction of sp³-hybridized carbons (Fsp3) is 0.474. The van der Waals surface area contributed by atoms with Gasteiger partial charge in [-0.3, -0.25) is 0 Å². The molecule has 1 aliphatic carbocycles. The van der Waals surface area contributed by atoms with Crippen LogP contribution >= 0.6 is 23.1 Å². The Hall–Kier alpha value is -1.78. The van der Waals surface area contributed by atoms with Crippen molar-refractivity contribution in [2.45, 2.75) is 55.3 Å². The highest BCUT2D eigenvalue weighted by molar-refractivity contribution is 7.99. The molecule has 3 aromatic heterocycles. The van der Waals surface area contributed by atoms with Gasteiger partial charge in [0.1, 0.15) is 21.5 Å². The van der Waals surface area contributed by atoms with Crippen molar-refractivity contribution in [1.29, 1.82) is 0 Å². The van der Waals surface area contributed by atoms with Crippen molar-refractivity contribution < 1.29 is 8.42 Å². The molecule has 10 heteroatoms. The monoisotopic (exact) mass is 447 g/mol. The Kier molecular flexibility index (Phi) is 4.75. The zero-order chi connectivity index (χ0) is 20.2. The highest BCUT2D eigenvalue weighted by Gasteiger charge is 2.33. The molecular weight excluding hydrogens is 426 g/mol. The van der Waals surface area contributed by atoms with E-state index in [0.717, 1.165) is 44.9 Å². The smallest absolute Gasteiger partial charge is 0.197 e. The summed E-state index contributed by atoms with van der Waals surface area (Å²) in [6.07, 6.45) is 5.76. The number of hydrogen-bond donors (Lipinski definition) is 0. The molecule has 7 nitrogen and oxygen atoms in total. The molecule has 4 heterocycles. The van der Waals surface area contributed by atoms with Crippen LogP contribution in [0, 0.1) is 6.92 Å². The van der Waals surface area contributed by atoms with Crippen LogP contribution in [-0.2, 0) is 29.2 Å². The molecule has 0 aromatic carbocycles. The number of aromatic nitrogens is 5. The van der Waals surface area contributed by atoms with Gasteiger partial charge in [-0.25, -0.2) is 18.4 Å². The first-order valence-corrected chi connectivity index (χ1v) is 13.1. The van der Waals surface area contributed by atoms with Gasteiger partial charge in [-0.15, -0.1) is 28.1 Å². The van der Waals surface area contributed by atoms with Crippen LogP contribution in [0.15, 0.2) is 22.8 Å². The normalized spacial score (nSPS) is 20.4. The summed E-state index contributed by atoms with van der Waals surface area (Å²) in [7, 11) is -2.99. The largest absolute Gasteiger partial charge is 0.302 e. The van der Waals surface area contributed by atoms with E-state index in [-0.39, 0.29) is 17.4 Å². The third-order valence-corrected chi connectivity index (χ3v) is 9.41. The Bertz CT molecular complexity index is 1230. The van der Waals surface area contributed by atoms with Crippen LogP contribution in [0.4, 0.5) is 0 Å². The summed E-state index contributed by atoms with van der Waals surface area (Å²) in [5.74, 6) is 1.72. The van der Waals surface area contributed by atoms with Crippen LogP contribution in [0.25, 0.3) is 10.2 Å². The molecule has 29 heavy (non-hydrogen) atoms. The fourth-order valence-electron chi connectivity index (χ4n) is 4.20. The Labute approximate surface area is 177 Å². The third-order valence-electron chi connectivity index (χ3n) is 5.49. The molecule has 0 radical (unpaired) electrons. The van der Waals surface area contributed by atoms with E-state index in [1.165, 1.54) is 28.6 Å². The zero-order valence-electron chi connectivity index (χ0n) is 16.1. The number of rotatable bonds is 5. The average molecular weight is 448 g/mol. The predicted octanol–water partition coefficient (Wildman–Crippen LogP) is 3.32. The van der Waals surface area contributed by atoms with Crippen LogP contribution in [0.2, 0.25) is 0 Å². The van der Waals surface area contributed by atoms with E-state index in [1.54, 1.807) is 17.4 Å². The van der Waals surface area contributed by atoms with E-state index in [2.05, 4.69) is 21.8 Å². The first-order chi connectivity index (χ1) is 13.9. The molecule has 0 N–H and O–H groups in total. The van der Waals surface area contributed by atoms with E-state index < -0.39 is 9.84 Å². The fourth-order valence-corrected chi connectivity index (χ4v) is 8.34. The number of allylic oxidation sites excluding steroid dienone is 1.